The average Bonchev–Trinajstić information content (AvgIpc) is 2.81. The summed E-state index contributed by atoms with van der Waals surface area (Å²) in [5.41, 5.74) is 3.80. The van der Waals surface area contributed by atoms with Gasteiger partial charge in [0.15, 0.2) is 0 Å². The molecule has 0 fully saturated rings. The van der Waals surface area contributed by atoms with E-state index in [1.165, 1.54) is 12.4 Å². The molecule has 3 amide bonds. The summed E-state index contributed by atoms with van der Waals surface area (Å²) in [7, 11) is 1.89. The van der Waals surface area contributed by atoms with Crippen LogP contribution in [0.15, 0.2) is 48.5 Å². The van der Waals surface area contributed by atoms with E-state index in [0.717, 1.165) is 5.56 Å². The molecule has 0 aliphatic carbocycles. The molecule has 34 heavy (non-hydrogen) atoms. The lowest BCUT2D eigenvalue weighted by Gasteiger charge is -2.20. The SMILES string of the molecule is CC(O)C(NC(=O)c1ccc(C#Cc2ccc(NC(=O)CN(C)C(C)C)cc2)cc1)C(=O)NO. The smallest absolute Gasteiger partial charge is 0.268 e. The van der Waals surface area contributed by atoms with Gasteiger partial charge < -0.3 is 15.7 Å². The van der Waals surface area contributed by atoms with Crippen molar-refractivity contribution in [3.8, 4) is 11.8 Å². The minimum Gasteiger partial charge on any atom is -0.391 e. The zero-order valence-electron chi connectivity index (χ0n) is 19.6. The van der Waals surface area contributed by atoms with E-state index >= 15 is 0 Å². The Balaban J connectivity index is 1.98. The lowest BCUT2D eigenvalue weighted by Crippen LogP contribution is -2.51. The molecule has 9 nitrogen and oxygen atoms in total. The number of carbonyl (C=O) groups excluding carboxylic acids is 3. The molecule has 2 aromatic carbocycles. The molecule has 2 atom stereocenters. The number of hydrogen-bond donors (Lipinski definition) is 5. The first-order valence-electron chi connectivity index (χ1n) is 10.8. The van der Waals surface area contributed by atoms with Crippen LogP contribution in [0.5, 0.6) is 0 Å². The number of rotatable bonds is 8. The summed E-state index contributed by atoms with van der Waals surface area (Å²) < 4.78 is 0. The van der Waals surface area contributed by atoms with Gasteiger partial charge in [-0.15, -0.1) is 0 Å². The van der Waals surface area contributed by atoms with Gasteiger partial charge in [0.2, 0.25) is 5.91 Å². The Labute approximate surface area is 199 Å². The van der Waals surface area contributed by atoms with Gasteiger partial charge in [0, 0.05) is 28.4 Å². The van der Waals surface area contributed by atoms with Gasteiger partial charge in [0.1, 0.15) is 6.04 Å². The molecule has 0 saturated carbocycles. The van der Waals surface area contributed by atoms with Crippen molar-refractivity contribution in [2.75, 3.05) is 18.9 Å². The van der Waals surface area contributed by atoms with Gasteiger partial charge in [0.25, 0.3) is 11.8 Å². The van der Waals surface area contributed by atoms with E-state index < -0.39 is 24.0 Å². The summed E-state index contributed by atoms with van der Waals surface area (Å²) in [4.78, 5) is 37.9. The van der Waals surface area contributed by atoms with Crippen LogP contribution in [0.2, 0.25) is 0 Å². The number of likely N-dealkylation sites (N-methyl/N-ethyl adjacent to an activating group) is 1. The Morgan fingerprint density at radius 3 is 1.94 bits per heavy atom. The monoisotopic (exact) mass is 466 g/mol. The Morgan fingerprint density at radius 1 is 0.941 bits per heavy atom. The Hall–Kier alpha value is -3.71. The molecule has 0 heterocycles. The van der Waals surface area contributed by atoms with Crippen molar-refractivity contribution in [2.45, 2.75) is 39.0 Å². The fourth-order valence-corrected chi connectivity index (χ4v) is 2.80. The standard InChI is InChI=1S/C25H30N4O5/c1-16(2)29(4)15-22(31)26-21-13-9-19(10-14-21)6-5-18-7-11-20(12-8-18)24(32)27-23(17(3)30)25(33)28-34/h7-14,16-17,23,30,34H,15H2,1-4H3,(H,26,31)(H,27,32)(H,28,33). The fraction of sp³-hybridized carbons (Fsp3) is 0.320. The first-order valence-corrected chi connectivity index (χ1v) is 10.8. The van der Waals surface area contributed by atoms with E-state index in [4.69, 9.17) is 5.21 Å². The maximum atomic E-state index is 12.3. The summed E-state index contributed by atoms with van der Waals surface area (Å²) >= 11 is 0. The van der Waals surface area contributed by atoms with Crippen molar-refractivity contribution in [1.82, 2.24) is 15.7 Å². The molecule has 5 N–H and O–H groups in total. The highest BCUT2D eigenvalue weighted by atomic mass is 16.5. The minimum absolute atomic E-state index is 0.0871. The Bertz CT molecular complexity index is 1050. The molecule has 2 unspecified atom stereocenters. The van der Waals surface area contributed by atoms with Crippen LogP contribution in [0, 0.1) is 11.8 Å². The number of aliphatic hydroxyl groups excluding tert-OH is 1. The molecule has 2 aromatic rings. The third-order valence-electron chi connectivity index (χ3n) is 5.10. The summed E-state index contributed by atoms with van der Waals surface area (Å²) in [5, 5.41) is 23.6. The predicted octanol–water partition coefficient (Wildman–Crippen LogP) is 1.35. The molecular weight excluding hydrogens is 436 g/mol. The number of nitrogens with one attached hydrogen (secondary N) is 3. The topological polar surface area (TPSA) is 131 Å². The van der Waals surface area contributed by atoms with Crippen LogP contribution >= 0.6 is 0 Å². The maximum Gasteiger partial charge on any atom is 0.268 e. The number of hydroxylamine groups is 1. The number of aliphatic hydroxyl groups is 1. The number of benzene rings is 2. The number of anilines is 1. The molecule has 0 radical (unpaired) electrons. The van der Waals surface area contributed by atoms with E-state index in [1.807, 2.05) is 25.8 Å². The molecule has 0 aliphatic rings. The largest absolute Gasteiger partial charge is 0.391 e. The molecular formula is C25H30N4O5. The van der Waals surface area contributed by atoms with Crippen molar-refractivity contribution in [3.05, 3.63) is 65.2 Å². The fourth-order valence-electron chi connectivity index (χ4n) is 2.80. The average molecular weight is 467 g/mol. The van der Waals surface area contributed by atoms with Crippen LogP contribution in [-0.4, -0.2) is 64.7 Å². The first kappa shape index (κ1) is 26.5. The quantitative estimate of drug-likeness (QED) is 0.227. The predicted molar refractivity (Wildman–Crippen MR) is 128 cm³/mol. The summed E-state index contributed by atoms with van der Waals surface area (Å²) in [6.07, 6.45) is -1.19. The van der Waals surface area contributed by atoms with Crippen molar-refractivity contribution >= 4 is 23.4 Å². The molecule has 2 rings (SSSR count). The highest BCUT2D eigenvalue weighted by Crippen LogP contribution is 2.10. The minimum atomic E-state index is -1.29. The maximum absolute atomic E-state index is 12.3. The second-order valence-electron chi connectivity index (χ2n) is 8.13. The molecule has 0 saturated heterocycles. The van der Waals surface area contributed by atoms with Crippen LogP contribution in [0.4, 0.5) is 5.69 Å². The number of carbonyl (C=O) groups is 3. The van der Waals surface area contributed by atoms with E-state index in [-0.39, 0.29) is 17.5 Å². The van der Waals surface area contributed by atoms with Gasteiger partial charge in [-0.1, -0.05) is 11.8 Å². The highest BCUT2D eigenvalue weighted by molar-refractivity contribution is 5.97. The van der Waals surface area contributed by atoms with Crippen LogP contribution < -0.4 is 16.1 Å². The summed E-state index contributed by atoms with van der Waals surface area (Å²) in [5.74, 6) is 4.44. The van der Waals surface area contributed by atoms with Crippen molar-refractivity contribution < 1.29 is 24.7 Å². The van der Waals surface area contributed by atoms with Gasteiger partial charge in [-0.05, 0) is 76.3 Å². The summed E-state index contributed by atoms with van der Waals surface area (Å²) in [6, 6.07) is 12.6. The van der Waals surface area contributed by atoms with Crippen molar-refractivity contribution in [2.24, 2.45) is 0 Å². The van der Waals surface area contributed by atoms with Gasteiger partial charge in [-0.3, -0.25) is 24.5 Å². The van der Waals surface area contributed by atoms with Crippen molar-refractivity contribution in [1.29, 1.82) is 0 Å². The zero-order chi connectivity index (χ0) is 25.3. The number of hydrogen-bond acceptors (Lipinski definition) is 6. The second kappa shape index (κ2) is 12.5. The van der Waals surface area contributed by atoms with E-state index in [0.29, 0.717) is 17.8 Å². The van der Waals surface area contributed by atoms with Crippen LogP contribution in [-0.2, 0) is 9.59 Å². The number of nitrogens with zero attached hydrogens (tertiary/aromatic N) is 1. The second-order valence-corrected chi connectivity index (χ2v) is 8.13. The lowest BCUT2D eigenvalue weighted by atomic mass is 10.1. The van der Waals surface area contributed by atoms with E-state index in [9.17, 15) is 19.5 Å². The van der Waals surface area contributed by atoms with Gasteiger partial charge in [0.05, 0.1) is 12.6 Å². The molecule has 180 valence electrons. The zero-order valence-corrected chi connectivity index (χ0v) is 19.6. The number of amides is 3. The Kier molecular flexibility index (Phi) is 9.76. The van der Waals surface area contributed by atoms with Gasteiger partial charge in [-0.2, -0.15) is 0 Å². The highest BCUT2D eigenvalue weighted by Gasteiger charge is 2.25. The molecule has 0 spiro atoms. The van der Waals surface area contributed by atoms with Crippen LogP contribution in [0.3, 0.4) is 0 Å². The van der Waals surface area contributed by atoms with Gasteiger partial charge in [-0.25, -0.2) is 5.48 Å². The molecule has 0 aliphatic heterocycles. The van der Waals surface area contributed by atoms with Crippen LogP contribution in [0.1, 0.15) is 42.3 Å². The third-order valence-corrected chi connectivity index (χ3v) is 5.10. The normalized spacial score (nSPS) is 12.4. The lowest BCUT2D eigenvalue weighted by molar-refractivity contribution is -0.133. The molecule has 0 aromatic heterocycles. The Morgan fingerprint density at radius 2 is 1.47 bits per heavy atom. The van der Waals surface area contributed by atoms with E-state index in [2.05, 4.69) is 22.5 Å². The summed E-state index contributed by atoms with van der Waals surface area (Å²) in [6.45, 7) is 5.68. The first-order chi connectivity index (χ1) is 16.1. The van der Waals surface area contributed by atoms with Crippen LogP contribution in [0.25, 0.3) is 0 Å². The molecule has 0 bridgehead atoms. The third kappa shape index (κ3) is 8.01. The molecule has 9 heteroatoms. The van der Waals surface area contributed by atoms with Gasteiger partial charge >= 0.3 is 0 Å². The van der Waals surface area contributed by atoms with Crippen molar-refractivity contribution in [3.63, 3.8) is 0 Å². The van der Waals surface area contributed by atoms with E-state index in [1.54, 1.807) is 48.5 Å².